The number of hydrogen-bond donors (Lipinski definition) is 3. The van der Waals surface area contributed by atoms with E-state index in [9.17, 15) is 24.8 Å². The maximum Gasteiger partial charge on any atom is 0.487 e. The highest BCUT2D eigenvalue weighted by Crippen LogP contribution is 2.52. The average Bonchev–Trinajstić information content (AvgIpc) is 3.05. The Hall–Kier alpha value is -2.46. The van der Waals surface area contributed by atoms with Crippen LogP contribution in [0.25, 0.3) is 0 Å². The summed E-state index contributed by atoms with van der Waals surface area (Å²) in [5.41, 5.74) is 2.02. The second-order valence-electron chi connectivity index (χ2n) is 8.42. The molecular formula is C23H21BBrNO6. The van der Waals surface area contributed by atoms with Crippen LogP contribution < -0.4 is 4.90 Å². The minimum Gasteiger partial charge on any atom is -0.508 e. The normalized spacial score (nSPS) is 27.6. The van der Waals surface area contributed by atoms with Gasteiger partial charge in [0.25, 0.3) is 0 Å². The van der Waals surface area contributed by atoms with Gasteiger partial charge in [-0.15, -0.1) is 0 Å². The lowest BCUT2D eigenvalue weighted by Crippen LogP contribution is -2.45. The number of fused-ring (bicyclic) bond motifs is 3. The number of carbonyl (C=O) groups is 2. The van der Waals surface area contributed by atoms with Crippen molar-refractivity contribution in [2.45, 2.75) is 18.9 Å². The number of phenolic OH excluding ortho intramolecular Hbond substituents is 1. The standard InChI is InChI=1S/C23H21BBrNO6/c25-13-6-7-18(28)15(9-13)19-10-16-20-17(8-12(11-27)21(16)24(31)32-19)22(29)26(23(20)30)14-4-2-1-3-5-14/h1-7,9,16-17,19-20,27-28,31H,8,10-11H2/t16-,17-,19-,20+/m0/s1. The summed E-state index contributed by atoms with van der Waals surface area (Å²) in [5.74, 6) is -2.35. The fourth-order valence-corrected chi connectivity index (χ4v) is 5.75. The number of allylic oxidation sites excluding steroid dienone is 1. The number of aliphatic hydroxyl groups excluding tert-OH is 1. The monoisotopic (exact) mass is 497 g/mol. The van der Waals surface area contributed by atoms with Gasteiger partial charge in [-0.3, -0.25) is 14.5 Å². The van der Waals surface area contributed by atoms with Crippen molar-refractivity contribution in [3.8, 4) is 5.75 Å². The largest absolute Gasteiger partial charge is 0.508 e. The molecule has 2 aromatic rings. The number of rotatable bonds is 3. The number of halogens is 1. The zero-order chi connectivity index (χ0) is 22.6. The first kappa shape index (κ1) is 21.4. The van der Waals surface area contributed by atoms with Gasteiger partial charge in [-0.2, -0.15) is 0 Å². The predicted molar refractivity (Wildman–Crippen MR) is 120 cm³/mol. The van der Waals surface area contributed by atoms with Crippen LogP contribution in [0, 0.1) is 17.8 Å². The molecule has 0 spiro atoms. The molecule has 164 valence electrons. The lowest BCUT2D eigenvalue weighted by atomic mass is 9.55. The van der Waals surface area contributed by atoms with Gasteiger partial charge in [-0.25, -0.2) is 0 Å². The van der Waals surface area contributed by atoms with Crippen molar-refractivity contribution >= 4 is 40.6 Å². The number of nitrogens with zero attached hydrogens (tertiary/aromatic N) is 1. The summed E-state index contributed by atoms with van der Waals surface area (Å²) in [6, 6.07) is 13.7. The Morgan fingerprint density at radius 1 is 1.09 bits per heavy atom. The van der Waals surface area contributed by atoms with E-state index in [4.69, 9.17) is 4.65 Å². The van der Waals surface area contributed by atoms with E-state index < -0.39 is 31.0 Å². The molecule has 9 heteroatoms. The first-order chi connectivity index (χ1) is 15.4. The van der Waals surface area contributed by atoms with E-state index >= 15 is 0 Å². The van der Waals surface area contributed by atoms with Gasteiger partial charge in [-0.05, 0) is 60.1 Å². The Kier molecular flexibility index (Phi) is 5.45. The summed E-state index contributed by atoms with van der Waals surface area (Å²) in [6.45, 7) is -0.324. The van der Waals surface area contributed by atoms with Crippen molar-refractivity contribution in [3.63, 3.8) is 0 Å². The molecule has 2 heterocycles. The van der Waals surface area contributed by atoms with Crippen LogP contribution in [-0.4, -0.2) is 40.8 Å². The zero-order valence-electron chi connectivity index (χ0n) is 17.0. The van der Waals surface area contributed by atoms with Crippen LogP contribution in [0.5, 0.6) is 5.75 Å². The lowest BCUT2D eigenvalue weighted by Gasteiger charge is -2.42. The molecule has 32 heavy (non-hydrogen) atoms. The molecule has 2 aliphatic heterocycles. The molecule has 1 aliphatic carbocycles. The van der Waals surface area contributed by atoms with Gasteiger partial charge in [-0.1, -0.05) is 34.1 Å². The summed E-state index contributed by atoms with van der Waals surface area (Å²) in [4.78, 5) is 28.0. The van der Waals surface area contributed by atoms with Crippen molar-refractivity contribution in [3.05, 3.63) is 69.6 Å². The second-order valence-corrected chi connectivity index (χ2v) is 9.34. The third-order valence-electron chi connectivity index (χ3n) is 6.75. The van der Waals surface area contributed by atoms with E-state index in [0.29, 0.717) is 28.7 Å². The Morgan fingerprint density at radius 3 is 2.56 bits per heavy atom. The fourth-order valence-electron chi connectivity index (χ4n) is 5.37. The number of para-hydroxylation sites is 1. The Labute approximate surface area is 193 Å². The molecule has 3 N–H and O–H groups in total. The number of aromatic hydroxyl groups is 1. The fraction of sp³-hybridized carbons (Fsp3) is 0.304. The molecule has 2 fully saturated rings. The van der Waals surface area contributed by atoms with Crippen LogP contribution in [0.3, 0.4) is 0 Å². The number of imide groups is 1. The van der Waals surface area contributed by atoms with Gasteiger partial charge < -0.3 is 19.9 Å². The van der Waals surface area contributed by atoms with Crippen LogP contribution in [0.1, 0.15) is 24.5 Å². The molecular weight excluding hydrogens is 477 g/mol. The van der Waals surface area contributed by atoms with Gasteiger partial charge >= 0.3 is 7.12 Å². The lowest BCUT2D eigenvalue weighted by molar-refractivity contribution is -0.123. The highest BCUT2D eigenvalue weighted by Gasteiger charge is 2.58. The third-order valence-corrected chi connectivity index (χ3v) is 7.25. The molecule has 0 radical (unpaired) electrons. The van der Waals surface area contributed by atoms with E-state index in [2.05, 4.69) is 15.9 Å². The maximum atomic E-state index is 13.5. The van der Waals surface area contributed by atoms with Gasteiger partial charge in [0.2, 0.25) is 11.8 Å². The number of amides is 2. The van der Waals surface area contributed by atoms with E-state index in [0.717, 1.165) is 4.47 Å². The van der Waals surface area contributed by atoms with Gasteiger partial charge in [0.05, 0.1) is 30.2 Å². The van der Waals surface area contributed by atoms with Crippen molar-refractivity contribution in [2.24, 2.45) is 17.8 Å². The Bertz CT molecular complexity index is 1120. The number of hydrogen-bond acceptors (Lipinski definition) is 6. The molecule has 2 amide bonds. The number of phenols is 1. The summed E-state index contributed by atoms with van der Waals surface area (Å²) in [7, 11) is -1.34. The number of aliphatic hydroxyl groups is 1. The molecule has 0 unspecified atom stereocenters. The quantitative estimate of drug-likeness (QED) is 0.444. The molecule has 0 saturated carbocycles. The second kappa shape index (κ2) is 8.15. The van der Waals surface area contributed by atoms with E-state index in [1.54, 1.807) is 36.4 Å². The molecule has 2 aromatic carbocycles. The highest BCUT2D eigenvalue weighted by atomic mass is 79.9. The van der Waals surface area contributed by atoms with Crippen LogP contribution >= 0.6 is 15.9 Å². The third kappa shape index (κ3) is 3.31. The molecule has 2 saturated heterocycles. The van der Waals surface area contributed by atoms with Gasteiger partial charge in [0, 0.05) is 10.0 Å². The molecule has 0 aromatic heterocycles. The minimum atomic E-state index is -1.34. The van der Waals surface area contributed by atoms with Crippen LogP contribution in [-0.2, 0) is 14.2 Å². The highest BCUT2D eigenvalue weighted by molar-refractivity contribution is 9.10. The summed E-state index contributed by atoms with van der Waals surface area (Å²) >= 11 is 3.39. The van der Waals surface area contributed by atoms with E-state index in [1.807, 2.05) is 6.07 Å². The summed E-state index contributed by atoms with van der Waals surface area (Å²) < 4.78 is 6.57. The predicted octanol–water partition coefficient (Wildman–Crippen LogP) is 2.75. The molecule has 4 atom stereocenters. The van der Waals surface area contributed by atoms with Gasteiger partial charge in [0.1, 0.15) is 5.75 Å². The molecule has 5 rings (SSSR count). The Morgan fingerprint density at radius 2 is 1.84 bits per heavy atom. The average molecular weight is 498 g/mol. The van der Waals surface area contributed by atoms with Crippen molar-refractivity contribution < 1.29 is 29.5 Å². The van der Waals surface area contributed by atoms with Crippen LogP contribution in [0.2, 0.25) is 0 Å². The van der Waals surface area contributed by atoms with Crippen LogP contribution in [0.15, 0.2) is 64.0 Å². The summed E-state index contributed by atoms with van der Waals surface area (Å²) in [5, 5.41) is 31.2. The minimum absolute atomic E-state index is 0.0207. The Balaban J connectivity index is 1.56. The number of anilines is 1. The molecule has 7 nitrogen and oxygen atoms in total. The first-order valence-electron chi connectivity index (χ1n) is 10.5. The summed E-state index contributed by atoms with van der Waals surface area (Å²) in [6.07, 6.45) is -0.180. The van der Waals surface area contributed by atoms with Crippen LogP contribution in [0.4, 0.5) is 5.69 Å². The van der Waals surface area contributed by atoms with Crippen molar-refractivity contribution in [2.75, 3.05) is 11.5 Å². The van der Waals surface area contributed by atoms with E-state index in [-0.39, 0.29) is 30.6 Å². The number of carbonyl (C=O) groups excluding carboxylic acids is 2. The van der Waals surface area contributed by atoms with E-state index in [1.165, 1.54) is 11.0 Å². The molecule has 0 bridgehead atoms. The topological polar surface area (TPSA) is 107 Å². The number of benzene rings is 2. The first-order valence-corrected chi connectivity index (χ1v) is 11.3. The van der Waals surface area contributed by atoms with Crippen molar-refractivity contribution in [1.82, 2.24) is 0 Å². The van der Waals surface area contributed by atoms with Gasteiger partial charge in [0.15, 0.2) is 0 Å². The SMILES string of the molecule is O=C1[C@H]2[C@H](CC(CO)=C3B(O)O[C@H](c4cc(Br)ccc4O)C[C@H]32)C(=O)N1c1ccccc1. The zero-order valence-corrected chi connectivity index (χ0v) is 18.6. The van der Waals surface area contributed by atoms with Crippen molar-refractivity contribution in [1.29, 1.82) is 0 Å². The maximum absolute atomic E-state index is 13.5. The smallest absolute Gasteiger partial charge is 0.487 e. The molecule has 3 aliphatic rings.